The molecule has 6 heteroatoms. The zero-order valence-electron chi connectivity index (χ0n) is 5.35. The lowest BCUT2D eigenvalue weighted by Crippen LogP contribution is -1.49. The van der Waals surface area contributed by atoms with Crippen LogP contribution in [0.15, 0.2) is 0 Å². The number of alkyl halides is 1. The van der Waals surface area contributed by atoms with Gasteiger partial charge in [0.25, 0.3) is 6.93 Å². The molecule has 0 rings (SSSR count). The summed E-state index contributed by atoms with van der Waals surface area (Å²) in [7, 11) is 0.500. The van der Waals surface area contributed by atoms with Gasteiger partial charge in [0.05, 0.1) is 7.18 Å². The van der Waals surface area contributed by atoms with E-state index in [1.165, 1.54) is 0 Å². The van der Waals surface area contributed by atoms with Crippen LogP contribution in [0, 0.1) is 21.0 Å². The van der Waals surface area contributed by atoms with Crippen LogP contribution in [0.5, 0.6) is 0 Å². The average molecular weight is 169 g/mol. The molecular weight excluding hydrogens is 162 g/mol. The van der Waals surface area contributed by atoms with Gasteiger partial charge in [-0.2, -0.15) is 13.2 Å². The molecule has 0 aliphatic rings. The van der Waals surface area contributed by atoms with Gasteiger partial charge in [-0.05, 0) is 0 Å². The monoisotopic (exact) mass is 169 g/mol. The maximum absolute atomic E-state index is 9.58. The van der Waals surface area contributed by atoms with Crippen LogP contribution in [0.25, 0.3) is 0 Å². The third-order valence-electron chi connectivity index (χ3n) is 0. The zero-order valence-corrected chi connectivity index (χ0v) is 5.35. The van der Waals surface area contributed by atoms with Gasteiger partial charge in [0.1, 0.15) is 0 Å². The minimum absolute atomic E-state index is 0. The summed E-state index contributed by atoms with van der Waals surface area (Å²) in [6, 6.07) is 0. The highest BCUT2D eigenvalue weighted by atomic mass is 19.4. The standard InChI is InChI=1S/CF3.CHF2.CH3F.CH3/c2-1(3)4;2-1-3;1-2;/h;1H;1H3;1H3. The third-order valence-corrected chi connectivity index (χ3v) is 0. The highest BCUT2D eigenvalue weighted by Gasteiger charge is 1.93. The van der Waals surface area contributed by atoms with Crippen LogP contribution in [0.2, 0.25) is 0 Å². The van der Waals surface area contributed by atoms with E-state index in [1.807, 2.05) is 0 Å². The Morgan fingerprint density at radius 1 is 1.00 bits per heavy atom. The first-order valence-electron chi connectivity index (χ1n) is 1.38. The van der Waals surface area contributed by atoms with Crippen molar-refractivity contribution in [1.82, 2.24) is 0 Å². The number of halogens is 6. The normalized spacial score (nSPS) is 6.00. The summed E-state index contributed by atoms with van der Waals surface area (Å²) in [5, 5.41) is 0. The summed E-state index contributed by atoms with van der Waals surface area (Å²) in [5.74, 6) is 0. The molecular formula is C4H7F6. The molecule has 65 valence electrons. The average Bonchev–Trinajstić information content (AvgIpc) is 1.71. The quantitative estimate of drug-likeness (QED) is 0.487. The second-order valence-corrected chi connectivity index (χ2v) is 0.297. The Hall–Kier alpha value is -0.420. The van der Waals surface area contributed by atoms with Crippen LogP contribution in [0.1, 0.15) is 0 Å². The minimum Gasteiger partial charge on any atom is -0.255 e. The zero-order chi connectivity index (χ0) is 8.28. The van der Waals surface area contributed by atoms with Gasteiger partial charge in [-0.25, -0.2) is 8.78 Å². The van der Waals surface area contributed by atoms with Gasteiger partial charge in [-0.1, -0.05) is 7.43 Å². The molecule has 0 heterocycles. The second-order valence-electron chi connectivity index (χ2n) is 0.297. The van der Waals surface area contributed by atoms with E-state index < -0.39 is 13.6 Å². The lowest BCUT2D eigenvalue weighted by Gasteiger charge is -1.60. The molecule has 0 aliphatic heterocycles. The summed E-state index contributed by atoms with van der Waals surface area (Å²) in [4.78, 5) is 0. The highest BCUT2D eigenvalue weighted by molar-refractivity contribution is 4.21. The van der Waals surface area contributed by atoms with Crippen molar-refractivity contribution in [3.8, 4) is 0 Å². The first kappa shape index (κ1) is 22.7. The molecule has 0 nitrogen and oxygen atoms in total. The molecule has 0 aromatic heterocycles. The molecule has 0 atom stereocenters. The Bertz CT molecular complexity index is 21.0. The van der Waals surface area contributed by atoms with E-state index in [0.717, 1.165) is 0 Å². The van der Waals surface area contributed by atoms with E-state index in [1.54, 1.807) is 0 Å². The summed E-state index contributed by atoms with van der Waals surface area (Å²) < 4.78 is 57.3. The lowest BCUT2D eigenvalue weighted by molar-refractivity contribution is 0.142. The van der Waals surface area contributed by atoms with Gasteiger partial charge < -0.3 is 0 Å². The van der Waals surface area contributed by atoms with Gasteiger partial charge in [-0.3, -0.25) is 4.39 Å². The van der Waals surface area contributed by atoms with E-state index in [9.17, 15) is 26.3 Å². The largest absolute Gasteiger partial charge is 0.487 e. The van der Waals surface area contributed by atoms with Crippen LogP contribution in [-0.4, -0.2) is 7.18 Å². The van der Waals surface area contributed by atoms with Crippen molar-refractivity contribution in [2.75, 3.05) is 7.18 Å². The van der Waals surface area contributed by atoms with Crippen molar-refractivity contribution in [3.05, 3.63) is 21.0 Å². The maximum Gasteiger partial charge on any atom is 0.487 e. The van der Waals surface area contributed by atoms with E-state index in [0.29, 0.717) is 7.18 Å². The molecule has 0 N–H and O–H groups in total. The fourth-order valence-electron chi connectivity index (χ4n) is 0. The Balaban J connectivity index is -0.0000000273. The topological polar surface area (TPSA) is 0 Å². The van der Waals surface area contributed by atoms with E-state index >= 15 is 0 Å². The van der Waals surface area contributed by atoms with Crippen molar-refractivity contribution in [1.29, 1.82) is 0 Å². The molecule has 0 saturated carbocycles. The lowest BCUT2D eigenvalue weighted by atomic mass is 11.6. The van der Waals surface area contributed by atoms with Crippen LogP contribution in [0.4, 0.5) is 26.3 Å². The van der Waals surface area contributed by atoms with Gasteiger partial charge >= 0.3 is 6.68 Å². The smallest absolute Gasteiger partial charge is 0.255 e. The van der Waals surface area contributed by atoms with E-state index in [2.05, 4.69) is 0 Å². The Labute approximate surface area is 55.8 Å². The molecule has 0 saturated heterocycles. The Kier molecular flexibility index (Phi) is 87.1. The number of hydrogen-bond acceptors (Lipinski definition) is 0. The molecule has 0 aromatic carbocycles. The van der Waals surface area contributed by atoms with Gasteiger partial charge in [0.15, 0.2) is 0 Å². The molecule has 0 unspecified atom stereocenters. The first-order chi connectivity index (χ1) is 4.15. The van der Waals surface area contributed by atoms with Gasteiger partial charge in [0, 0.05) is 0 Å². The van der Waals surface area contributed by atoms with Crippen LogP contribution >= 0.6 is 0 Å². The summed E-state index contributed by atoms with van der Waals surface area (Å²) >= 11 is 0. The van der Waals surface area contributed by atoms with Crippen molar-refractivity contribution in [2.45, 2.75) is 0 Å². The molecule has 0 aliphatic carbocycles. The van der Waals surface area contributed by atoms with Crippen molar-refractivity contribution in [2.24, 2.45) is 0 Å². The number of rotatable bonds is 0. The second kappa shape index (κ2) is 38.5. The Morgan fingerprint density at radius 3 is 1.00 bits per heavy atom. The molecule has 3 radical (unpaired) electrons. The SMILES string of the molecule is CF.F[CH]F.F[C](F)F.[CH3]. The van der Waals surface area contributed by atoms with Crippen molar-refractivity contribution >= 4 is 0 Å². The Morgan fingerprint density at radius 2 is 1.00 bits per heavy atom. The van der Waals surface area contributed by atoms with Crippen LogP contribution < -0.4 is 0 Å². The van der Waals surface area contributed by atoms with E-state index in [-0.39, 0.29) is 7.43 Å². The predicted octanol–water partition coefficient (Wildman–Crippen LogP) is 3.42. The summed E-state index contributed by atoms with van der Waals surface area (Å²) in [6.45, 7) is -4.08. The fraction of sp³-hybridized carbons (Fsp3) is 0.250. The first-order valence-corrected chi connectivity index (χ1v) is 1.38. The molecule has 10 heavy (non-hydrogen) atoms. The fourth-order valence-corrected chi connectivity index (χ4v) is 0. The van der Waals surface area contributed by atoms with Crippen molar-refractivity contribution < 1.29 is 26.3 Å². The minimum atomic E-state index is -3.08. The third kappa shape index (κ3) is 1860. The van der Waals surface area contributed by atoms with Crippen LogP contribution in [-0.2, 0) is 0 Å². The van der Waals surface area contributed by atoms with E-state index in [4.69, 9.17) is 0 Å². The molecule has 0 amide bonds. The molecule has 0 aromatic rings. The summed E-state index contributed by atoms with van der Waals surface area (Å²) in [6.07, 6.45) is 0. The highest BCUT2D eigenvalue weighted by Crippen LogP contribution is 1.99. The summed E-state index contributed by atoms with van der Waals surface area (Å²) in [5.41, 5.74) is 0. The molecule has 0 spiro atoms. The molecule has 0 fully saturated rings. The maximum atomic E-state index is 9.58. The van der Waals surface area contributed by atoms with Gasteiger partial charge in [-0.15, -0.1) is 0 Å². The number of hydrogen-bond donors (Lipinski definition) is 0. The van der Waals surface area contributed by atoms with Gasteiger partial charge in [0.2, 0.25) is 0 Å². The van der Waals surface area contributed by atoms with Crippen LogP contribution in [0.3, 0.4) is 0 Å². The predicted molar refractivity (Wildman–Crippen MR) is 26.5 cm³/mol. The molecule has 0 bridgehead atoms. The van der Waals surface area contributed by atoms with Crippen molar-refractivity contribution in [3.63, 3.8) is 0 Å².